The molecule has 1 atom stereocenters. The maximum absolute atomic E-state index is 5.98. The number of nitrogen functional groups attached to an aromatic ring is 1. The van der Waals surface area contributed by atoms with Crippen molar-refractivity contribution in [1.29, 1.82) is 0 Å². The molecule has 0 radical (unpaired) electrons. The zero-order valence-corrected chi connectivity index (χ0v) is 11.0. The fourth-order valence-electron chi connectivity index (χ4n) is 2.80. The van der Waals surface area contributed by atoms with E-state index in [0.717, 1.165) is 35.4 Å². The number of fused-ring (bicyclic) bond motifs is 2. The molecule has 1 aromatic heterocycles. The molecule has 3 aromatic rings. The van der Waals surface area contributed by atoms with Crippen LogP contribution in [0, 0.1) is 0 Å². The van der Waals surface area contributed by atoms with E-state index in [9.17, 15) is 0 Å². The lowest BCUT2D eigenvalue weighted by Gasteiger charge is -2.12. The molecular formula is C16H15N3O. The summed E-state index contributed by atoms with van der Waals surface area (Å²) in [6, 6.07) is 14.0. The van der Waals surface area contributed by atoms with E-state index < -0.39 is 0 Å². The molecule has 4 heteroatoms. The first-order valence-electron chi connectivity index (χ1n) is 6.74. The normalized spacial score (nSPS) is 17.1. The van der Waals surface area contributed by atoms with Gasteiger partial charge in [-0.1, -0.05) is 18.2 Å². The molecule has 1 aliphatic rings. The molecule has 20 heavy (non-hydrogen) atoms. The number of hydrogen-bond acceptors (Lipinski definition) is 3. The second-order valence-electron chi connectivity index (χ2n) is 5.20. The van der Waals surface area contributed by atoms with Crippen LogP contribution in [0.1, 0.15) is 5.56 Å². The molecule has 0 saturated heterocycles. The van der Waals surface area contributed by atoms with E-state index in [0.29, 0.717) is 0 Å². The van der Waals surface area contributed by atoms with E-state index in [1.54, 1.807) is 0 Å². The lowest BCUT2D eigenvalue weighted by atomic mass is 10.1. The van der Waals surface area contributed by atoms with Crippen LogP contribution in [-0.2, 0) is 13.0 Å². The molecule has 2 N–H and O–H groups in total. The van der Waals surface area contributed by atoms with Crippen molar-refractivity contribution in [1.82, 2.24) is 9.55 Å². The van der Waals surface area contributed by atoms with E-state index in [1.165, 1.54) is 5.56 Å². The minimum atomic E-state index is 0.169. The number of ether oxygens (including phenoxy) is 1. The molecule has 0 amide bonds. The number of nitrogens with two attached hydrogens (primary N) is 1. The van der Waals surface area contributed by atoms with Gasteiger partial charge in [-0.3, -0.25) is 0 Å². The van der Waals surface area contributed by atoms with Crippen molar-refractivity contribution < 1.29 is 4.74 Å². The molecule has 1 aliphatic heterocycles. The van der Waals surface area contributed by atoms with Gasteiger partial charge in [-0.05, 0) is 29.8 Å². The second kappa shape index (κ2) is 4.27. The molecule has 4 rings (SSSR count). The first kappa shape index (κ1) is 11.3. The predicted octanol–water partition coefficient (Wildman–Crippen LogP) is 2.62. The first-order valence-corrected chi connectivity index (χ1v) is 6.74. The smallest absolute Gasteiger partial charge is 0.123 e. The van der Waals surface area contributed by atoms with Crippen molar-refractivity contribution in [3.63, 3.8) is 0 Å². The second-order valence-corrected chi connectivity index (χ2v) is 5.20. The van der Waals surface area contributed by atoms with E-state index in [2.05, 4.69) is 21.7 Å². The Labute approximate surface area is 116 Å². The Hall–Kier alpha value is -2.49. The monoisotopic (exact) mass is 265 g/mol. The minimum Gasteiger partial charge on any atom is -0.488 e. The lowest BCUT2D eigenvalue weighted by Crippen LogP contribution is -2.20. The summed E-state index contributed by atoms with van der Waals surface area (Å²) in [7, 11) is 0. The van der Waals surface area contributed by atoms with Crippen molar-refractivity contribution in [3.05, 3.63) is 54.4 Å². The van der Waals surface area contributed by atoms with Crippen molar-refractivity contribution in [2.45, 2.75) is 19.1 Å². The van der Waals surface area contributed by atoms with E-state index in [1.807, 2.05) is 36.7 Å². The topological polar surface area (TPSA) is 53.1 Å². The molecule has 2 aromatic carbocycles. The molecule has 2 heterocycles. The molecule has 100 valence electrons. The number of nitrogens with zero attached hydrogens (tertiary/aromatic N) is 2. The number of imidazole rings is 1. The van der Waals surface area contributed by atoms with Crippen molar-refractivity contribution in [2.75, 3.05) is 5.73 Å². The van der Waals surface area contributed by atoms with Gasteiger partial charge in [0, 0.05) is 12.1 Å². The van der Waals surface area contributed by atoms with Crippen LogP contribution in [-0.4, -0.2) is 15.7 Å². The van der Waals surface area contributed by atoms with Crippen LogP contribution >= 0.6 is 0 Å². The molecule has 0 saturated carbocycles. The molecule has 0 bridgehead atoms. The molecule has 0 aliphatic carbocycles. The number of benzene rings is 2. The Bertz CT molecular complexity index is 753. The number of rotatable bonds is 2. The quantitative estimate of drug-likeness (QED) is 0.725. The summed E-state index contributed by atoms with van der Waals surface area (Å²) in [5, 5.41) is 0. The first-order chi connectivity index (χ1) is 9.79. The van der Waals surface area contributed by atoms with Gasteiger partial charge in [0.15, 0.2) is 0 Å². The van der Waals surface area contributed by atoms with Gasteiger partial charge < -0.3 is 15.0 Å². The highest BCUT2D eigenvalue weighted by Gasteiger charge is 2.23. The van der Waals surface area contributed by atoms with E-state index in [-0.39, 0.29) is 6.10 Å². The zero-order chi connectivity index (χ0) is 13.5. The summed E-state index contributed by atoms with van der Waals surface area (Å²) in [5.41, 5.74) is 9.83. The van der Waals surface area contributed by atoms with Crippen LogP contribution in [0.5, 0.6) is 5.75 Å². The van der Waals surface area contributed by atoms with Gasteiger partial charge in [-0.2, -0.15) is 0 Å². The van der Waals surface area contributed by atoms with Crippen molar-refractivity contribution in [3.8, 4) is 5.75 Å². The molecule has 4 nitrogen and oxygen atoms in total. The summed E-state index contributed by atoms with van der Waals surface area (Å²) in [5.74, 6) is 1.01. The standard InChI is InChI=1S/C16H15N3O/c17-12-5-6-15-14(8-12)18-10-19(15)9-13-7-11-3-1-2-4-16(11)20-13/h1-6,8,10,13H,7,9,17H2. The lowest BCUT2D eigenvalue weighted by molar-refractivity contribution is 0.211. The number of anilines is 1. The fraction of sp³-hybridized carbons (Fsp3) is 0.188. The average molecular weight is 265 g/mol. The van der Waals surface area contributed by atoms with Gasteiger partial charge in [0.1, 0.15) is 11.9 Å². The van der Waals surface area contributed by atoms with Crippen molar-refractivity contribution >= 4 is 16.7 Å². The van der Waals surface area contributed by atoms with Crippen molar-refractivity contribution in [2.24, 2.45) is 0 Å². The maximum Gasteiger partial charge on any atom is 0.123 e. The van der Waals surface area contributed by atoms with Gasteiger partial charge >= 0.3 is 0 Å². The van der Waals surface area contributed by atoms with Crippen LogP contribution < -0.4 is 10.5 Å². The van der Waals surface area contributed by atoms with Crippen LogP contribution in [0.25, 0.3) is 11.0 Å². The largest absolute Gasteiger partial charge is 0.488 e. The summed E-state index contributed by atoms with van der Waals surface area (Å²) in [6.07, 6.45) is 2.98. The SMILES string of the molecule is Nc1ccc2c(c1)ncn2CC1Cc2ccccc2O1. The Morgan fingerprint density at radius 3 is 3.05 bits per heavy atom. The van der Waals surface area contributed by atoms with Crippen LogP contribution in [0.2, 0.25) is 0 Å². The van der Waals surface area contributed by atoms with Gasteiger partial charge in [-0.15, -0.1) is 0 Å². The number of para-hydroxylation sites is 1. The highest BCUT2D eigenvalue weighted by Crippen LogP contribution is 2.29. The number of aromatic nitrogens is 2. The zero-order valence-electron chi connectivity index (χ0n) is 11.0. The van der Waals surface area contributed by atoms with Crippen LogP contribution in [0.15, 0.2) is 48.8 Å². The fourth-order valence-corrected chi connectivity index (χ4v) is 2.80. The highest BCUT2D eigenvalue weighted by molar-refractivity contribution is 5.78. The van der Waals surface area contributed by atoms with Gasteiger partial charge in [-0.25, -0.2) is 4.98 Å². The Kier molecular flexibility index (Phi) is 2.42. The average Bonchev–Trinajstić information content (AvgIpc) is 3.02. The summed E-state index contributed by atoms with van der Waals surface area (Å²) in [6.45, 7) is 0.801. The van der Waals surface area contributed by atoms with Crippen LogP contribution in [0.3, 0.4) is 0 Å². The Morgan fingerprint density at radius 1 is 1.25 bits per heavy atom. The summed E-state index contributed by atoms with van der Waals surface area (Å²) >= 11 is 0. The Balaban J connectivity index is 1.60. The Morgan fingerprint density at radius 2 is 2.15 bits per heavy atom. The predicted molar refractivity (Wildman–Crippen MR) is 78.7 cm³/mol. The third-order valence-electron chi connectivity index (χ3n) is 3.76. The molecule has 1 unspecified atom stereocenters. The van der Waals surface area contributed by atoms with Crippen LogP contribution in [0.4, 0.5) is 5.69 Å². The van der Waals surface area contributed by atoms with Gasteiger partial charge in [0.2, 0.25) is 0 Å². The summed E-state index contributed by atoms with van der Waals surface area (Å²) in [4.78, 5) is 4.40. The molecule has 0 fully saturated rings. The minimum absolute atomic E-state index is 0.169. The molecule has 0 spiro atoms. The molecular weight excluding hydrogens is 250 g/mol. The van der Waals surface area contributed by atoms with E-state index in [4.69, 9.17) is 10.5 Å². The van der Waals surface area contributed by atoms with Gasteiger partial charge in [0.25, 0.3) is 0 Å². The van der Waals surface area contributed by atoms with Gasteiger partial charge in [0.05, 0.1) is 23.9 Å². The summed E-state index contributed by atoms with van der Waals surface area (Å²) < 4.78 is 8.11. The van der Waals surface area contributed by atoms with E-state index >= 15 is 0 Å². The maximum atomic E-state index is 5.98. The third-order valence-corrected chi connectivity index (χ3v) is 3.76. The third kappa shape index (κ3) is 1.81. The highest BCUT2D eigenvalue weighted by atomic mass is 16.5. The number of hydrogen-bond donors (Lipinski definition) is 1.